The summed E-state index contributed by atoms with van der Waals surface area (Å²) < 4.78 is 13.5. The maximum Gasteiger partial charge on any atom is 0.145 e. The number of benzene rings is 1. The van der Waals surface area contributed by atoms with Crippen LogP contribution >= 0.6 is 58.0 Å². The molecule has 0 N–H and O–H groups in total. The minimum Gasteiger partial charge on any atom is -0.249 e. The molecule has 108 valence electrons. The summed E-state index contributed by atoms with van der Waals surface area (Å²) in [5.41, 5.74) is 0.457. The molecule has 1 aromatic carbocycles. The Hall–Kier alpha value is -0.760. The van der Waals surface area contributed by atoms with Gasteiger partial charge in [-0.25, -0.2) is 9.37 Å². The molecule has 0 bridgehead atoms. The zero-order valence-corrected chi connectivity index (χ0v) is 13.8. The lowest BCUT2D eigenvalue weighted by atomic mass is 10.1. The van der Waals surface area contributed by atoms with Gasteiger partial charge in [0.25, 0.3) is 0 Å². The van der Waals surface area contributed by atoms with Crippen LogP contribution in [0.15, 0.2) is 12.1 Å². The zero-order valence-electron chi connectivity index (χ0n) is 10.0. The lowest BCUT2D eigenvalue weighted by Gasteiger charge is -2.12. The van der Waals surface area contributed by atoms with Crippen LogP contribution in [0.5, 0.6) is 0 Å². The van der Waals surface area contributed by atoms with E-state index in [1.807, 2.05) is 6.07 Å². The van der Waals surface area contributed by atoms with Crippen LogP contribution in [0.25, 0.3) is 11.3 Å². The van der Waals surface area contributed by atoms with Crippen LogP contribution in [0.1, 0.15) is 5.69 Å². The number of rotatable bonds is 2. The molecule has 0 atom stereocenters. The molecule has 0 saturated heterocycles. The molecular weight excluding hydrogens is 380 g/mol. The highest BCUT2D eigenvalue weighted by Gasteiger charge is 2.21. The number of pyridine rings is 1. The molecule has 0 aliphatic rings. The second-order valence-electron chi connectivity index (χ2n) is 3.90. The van der Waals surface area contributed by atoms with E-state index in [4.69, 9.17) is 63.3 Å². The summed E-state index contributed by atoms with van der Waals surface area (Å²) >= 11 is 30.1. The van der Waals surface area contributed by atoms with Gasteiger partial charge in [0.05, 0.1) is 49.0 Å². The Kier molecular flexibility index (Phi) is 5.19. The van der Waals surface area contributed by atoms with Gasteiger partial charge in [0.15, 0.2) is 0 Å². The monoisotopic (exact) mass is 382 g/mol. The minimum atomic E-state index is -0.598. The number of hydrogen-bond acceptors (Lipinski definition) is 2. The molecule has 0 amide bonds. The van der Waals surface area contributed by atoms with Crippen molar-refractivity contribution in [2.24, 2.45) is 0 Å². The summed E-state index contributed by atoms with van der Waals surface area (Å²) in [6, 6.07) is 4.35. The number of nitrogens with zero attached hydrogens (tertiary/aromatic N) is 2. The Labute approximate surface area is 145 Å². The van der Waals surface area contributed by atoms with Crippen LogP contribution in [-0.2, 0) is 6.42 Å². The summed E-state index contributed by atoms with van der Waals surface area (Å²) in [4.78, 5) is 4.04. The van der Waals surface area contributed by atoms with E-state index in [1.165, 1.54) is 6.07 Å². The topological polar surface area (TPSA) is 36.7 Å². The van der Waals surface area contributed by atoms with Crippen LogP contribution in [0, 0.1) is 17.1 Å². The fourth-order valence-electron chi connectivity index (χ4n) is 1.65. The Bertz CT molecular complexity index is 741. The van der Waals surface area contributed by atoms with Gasteiger partial charge in [-0.15, -0.1) is 0 Å². The van der Waals surface area contributed by atoms with Gasteiger partial charge in [-0.2, -0.15) is 5.26 Å². The summed E-state index contributed by atoms with van der Waals surface area (Å²) in [7, 11) is 0. The highest BCUT2D eigenvalue weighted by molar-refractivity contribution is 6.56. The van der Waals surface area contributed by atoms with Crippen molar-refractivity contribution < 1.29 is 4.39 Å². The van der Waals surface area contributed by atoms with Crippen molar-refractivity contribution in [2.75, 3.05) is 0 Å². The summed E-state index contributed by atoms with van der Waals surface area (Å²) in [6.07, 6.45) is -0.191. The van der Waals surface area contributed by atoms with Crippen molar-refractivity contribution in [3.8, 4) is 17.3 Å². The van der Waals surface area contributed by atoms with E-state index in [0.29, 0.717) is 0 Å². The van der Waals surface area contributed by atoms with E-state index in [1.54, 1.807) is 0 Å². The lowest BCUT2D eigenvalue weighted by Crippen LogP contribution is -1.97. The quantitative estimate of drug-likeness (QED) is 0.455. The van der Waals surface area contributed by atoms with E-state index in [2.05, 4.69) is 4.98 Å². The average molecular weight is 384 g/mol. The first-order chi connectivity index (χ1) is 9.88. The predicted molar refractivity (Wildman–Crippen MR) is 84.0 cm³/mol. The second-order valence-corrected chi connectivity index (χ2v) is 5.79. The van der Waals surface area contributed by atoms with Crippen molar-refractivity contribution in [1.29, 1.82) is 5.26 Å². The van der Waals surface area contributed by atoms with Crippen LogP contribution < -0.4 is 0 Å². The average Bonchev–Trinajstić information content (AvgIpc) is 2.47. The third-order valence-electron chi connectivity index (χ3n) is 2.63. The van der Waals surface area contributed by atoms with Gasteiger partial charge in [0.2, 0.25) is 0 Å². The standard InChI is InChI=1S/C13H4Cl5FN2/c14-9-8(10(15)12(17)13(18)11(9)16)7-2-1-5(19)6(21-7)3-4-20/h1-2H,3H2. The highest BCUT2D eigenvalue weighted by atomic mass is 35.5. The third-order valence-corrected chi connectivity index (χ3v) is 4.91. The van der Waals surface area contributed by atoms with Crippen molar-refractivity contribution in [3.63, 3.8) is 0 Å². The molecule has 0 unspecified atom stereocenters. The fourth-order valence-corrected chi connectivity index (χ4v) is 2.98. The normalized spacial score (nSPS) is 10.5. The van der Waals surface area contributed by atoms with E-state index < -0.39 is 5.82 Å². The van der Waals surface area contributed by atoms with Gasteiger partial charge in [0.1, 0.15) is 5.82 Å². The van der Waals surface area contributed by atoms with Gasteiger partial charge >= 0.3 is 0 Å². The third kappa shape index (κ3) is 3.06. The molecule has 21 heavy (non-hydrogen) atoms. The molecule has 0 fully saturated rings. The second kappa shape index (κ2) is 6.56. The largest absolute Gasteiger partial charge is 0.249 e. The van der Waals surface area contributed by atoms with Gasteiger partial charge in [0, 0.05) is 5.56 Å². The number of nitriles is 1. The zero-order chi connectivity index (χ0) is 15.7. The Balaban J connectivity index is 2.74. The minimum absolute atomic E-state index is 0.0238. The van der Waals surface area contributed by atoms with E-state index >= 15 is 0 Å². The Morgan fingerprint density at radius 2 is 1.48 bits per heavy atom. The van der Waals surface area contributed by atoms with Crippen molar-refractivity contribution in [1.82, 2.24) is 4.98 Å². The molecule has 0 radical (unpaired) electrons. The molecule has 2 nitrogen and oxygen atoms in total. The lowest BCUT2D eigenvalue weighted by molar-refractivity contribution is 0.606. The van der Waals surface area contributed by atoms with Crippen LogP contribution in [0.3, 0.4) is 0 Å². The predicted octanol–water partition coefficient (Wildman–Crippen LogP) is 6.22. The van der Waals surface area contributed by atoms with Crippen molar-refractivity contribution >= 4 is 58.0 Å². The molecule has 0 saturated carbocycles. The van der Waals surface area contributed by atoms with E-state index in [-0.39, 0.29) is 48.5 Å². The SMILES string of the molecule is N#CCc1nc(-c2c(Cl)c(Cl)c(Cl)c(Cl)c2Cl)ccc1F. The Morgan fingerprint density at radius 1 is 0.952 bits per heavy atom. The first kappa shape index (κ1) is 16.6. The van der Waals surface area contributed by atoms with Gasteiger partial charge in [-0.1, -0.05) is 58.0 Å². The van der Waals surface area contributed by atoms with Gasteiger partial charge in [-0.3, -0.25) is 0 Å². The summed E-state index contributed by atoms with van der Waals surface area (Å²) in [5.74, 6) is -0.598. The number of aromatic nitrogens is 1. The first-order valence-corrected chi connectivity index (χ1v) is 7.31. The molecule has 8 heteroatoms. The van der Waals surface area contributed by atoms with E-state index in [0.717, 1.165) is 6.07 Å². The highest BCUT2D eigenvalue weighted by Crippen LogP contribution is 2.47. The molecular formula is C13H4Cl5FN2. The molecule has 1 aromatic heterocycles. The Morgan fingerprint density at radius 3 is 2.00 bits per heavy atom. The van der Waals surface area contributed by atoms with Crippen molar-refractivity contribution in [3.05, 3.63) is 48.8 Å². The molecule has 2 rings (SSSR count). The first-order valence-electron chi connectivity index (χ1n) is 5.42. The van der Waals surface area contributed by atoms with Gasteiger partial charge < -0.3 is 0 Å². The molecule has 0 spiro atoms. The van der Waals surface area contributed by atoms with E-state index in [9.17, 15) is 4.39 Å². The maximum absolute atomic E-state index is 13.5. The summed E-state index contributed by atoms with van der Waals surface area (Å²) in [6.45, 7) is 0. The number of halogens is 6. The van der Waals surface area contributed by atoms with Gasteiger partial charge in [-0.05, 0) is 12.1 Å². The molecule has 1 heterocycles. The maximum atomic E-state index is 13.5. The smallest absolute Gasteiger partial charge is 0.145 e. The molecule has 2 aromatic rings. The van der Waals surface area contributed by atoms with Crippen LogP contribution in [0.4, 0.5) is 4.39 Å². The van der Waals surface area contributed by atoms with Crippen molar-refractivity contribution in [2.45, 2.75) is 6.42 Å². The van der Waals surface area contributed by atoms with Crippen LogP contribution in [0.2, 0.25) is 25.1 Å². The fraction of sp³-hybridized carbons (Fsp3) is 0.0769. The molecule has 0 aliphatic heterocycles. The number of hydrogen-bond donors (Lipinski definition) is 0. The molecule has 0 aliphatic carbocycles. The summed E-state index contributed by atoms with van der Waals surface area (Å²) in [5, 5.41) is 8.85. The van der Waals surface area contributed by atoms with Crippen LogP contribution in [-0.4, -0.2) is 4.98 Å².